The lowest BCUT2D eigenvalue weighted by Crippen LogP contribution is -2.29. The summed E-state index contributed by atoms with van der Waals surface area (Å²) in [6.07, 6.45) is 1.84. The maximum absolute atomic E-state index is 12.1. The Hall–Kier alpha value is -3.44. The van der Waals surface area contributed by atoms with Crippen LogP contribution in [0.5, 0.6) is 0 Å². The molecular formula is C25H23N3OS. The molecule has 4 nitrogen and oxygen atoms in total. The second kappa shape index (κ2) is 9.85. The van der Waals surface area contributed by atoms with Crippen LogP contribution in [0, 0.1) is 0 Å². The number of anilines is 1. The normalized spacial score (nSPS) is 10.5. The number of aryl methyl sites for hydroxylation is 1. The van der Waals surface area contributed by atoms with Crippen molar-refractivity contribution < 1.29 is 4.79 Å². The van der Waals surface area contributed by atoms with E-state index in [1.54, 1.807) is 0 Å². The molecule has 0 unspecified atom stereocenters. The van der Waals surface area contributed by atoms with Crippen LogP contribution in [0.15, 0.2) is 90.3 Å². The second-order valence-electron chi connectivity index (χ2n) is 6.95. The predicted molar refractivity (Wildman–Crippen MR) is 125 cm³/mol. The standard InChI is InChI=1S/C25H23N3OS/c29-24(26-17-7-10-19-8-3-1-4-9-19)28-25-27-23(18-30-25)22-15-13-21(14-16-22)20-11-5-2-6-12-20/h1-6,8-9,11-16,18H,7,10,17H2,(H2,26,27,28,29). The minimum Gasteiger partial charge on any atom is -0.338 e. The van der Waals surface area contributed by atoms with Crippen LogP contribution in [0.25, 0.3) is 22.4 Å². The van der Waals surface area contributed by atoms with Crippen LogP contribution < -0.4 is 10.6 Å². The maximum Gasteiger partial charge on any atom is 0.321 e. The summed E-state index contributed by atoms with van der Waals surface area (Å²) in [5.41, 5.74) is 5.53. The number of carbonyl (C=O) groups excluding carboxylic acids is 1. The number of rotatable bonds is 7. The molecule has 0 atom stereocenters. The Balaban J connectivity index is 1.28. The van der Waals surface area contributed by atoms with Gasteiger partial charge >= 0.3 is 6.03 Å². The maximum atomic E-state index is 12.1. The number of benzene rings is 3. The smallest absolute Gasteiger partial charge is 0.321 e. The molecule has 4 aromatic rings. The first-order chi connectivity index (χ1) is 14.8. The van der Waals surface area contributed by atoms with Crippen LogP contribution >= 0.6 is 11.3 Å². The average Bonchev–Trinajstić information content (AvgIpc) is 3.26. The van der Waals surface area contributed by atoms with Crippen LogP contribution in [-0.4, -0.2) is 17.6 Å². The first kappa shape index (κ1) is 19.9. The zero-order valence-corrected chi connectivity index (χ0v) is 17.4. The Morgan fingerprint density at radius 1 is 0.800 bits per heavy atom. The van der Waals surface area contributed by atoms with E-state index in [9.17, 15) is 4.79 Å². The van der Waals surface area contributed by atoms with E-state index in [-0.39, 0.29) is 6.03 Å². The van der Waals surface area contributed by atoms with E-state index in [2.05, 4.69) is 64.1 Å². The number of amides is 2. The van der Waals surface area contributed by atoms with Crippen molar-refractivity contribution in [1.82, 2.24) is 10.3 Å². The lowest BCUT2D eigenvalue weighted by molar-refractivity contribution is 0.252. The van der Waals surface area contributed by atoms with E-state index in [1.165, 1.54) is 28.0 Å². The number of carbonyl (C=O) groups is 1. The number of nitrogens with one attached hydrogen (secondary N) is 2. The molecule has 1 heterocycles. The van der Waals surface area contributed by atoms with Gasteiger partial charge in [-0.15, -0.1) is 11.3 Å². The Labute approximate surface area is 180 Å². The van der Waals surface area contributed by atoms with Gasteiger partial charge in [-0.3, -0.25) is 5.32 Å². The molecule has 0 aliphatic heterocycles. The summed E-state index contributed by atoms with van der Waals surface area (Å²) in [6, 6.07) is 28.6. The molecule has 0 saturated carbocycles. The van der Waals surface area contributed by atoms with Crippen molar-refractivity contribution in [3.05, 3.63) is 95.9 Å². The van der Waals surface area contributed by atoms with E-state index < -0.39 is 0 Å². The quantitative estimate of drug-likeness (QED) is 0.353. The Kier molecular flexibility index (Phi) is 6.52. The van der Waals surface area contributed by atoms with Crippen LogP contribution in [-0.2, 0) is 6.42 Å². The Morgan fingerprint density at radius 3 is 2.17 bits per heavy atom. The van der Waals surface area contributed by atoms with E-state index >= 15 is 0 Å². The van der Waals surface area contributed by atoms with E-state index in [0.29, 0.717) is 11.7 Å². The number of urea groups is 1. The summed E-state index contributed by atoms with van der Waals surface area (Å²) in [6.45, 7) is 0.625. The summed E-state index contributed by atoms with van der Waals surface area (Å²) in [5, 5.41) is 8.27. The second-order valence-corrected chi connectivity index (χ2v) is 7.81. The molecule has 0 radical (unpaired) electrons. The Bertz CT molecular complexity index is 1080. The number of nitrogens with zero attached hydrogens (tertiary/aromatic N) is 1. The predicted octanol–water partition coefficient (Wildman–Crippen LogP) is 6.23. The lowest BCUT2D eigenvalue weighted by Gasteiger charge is -2.05. The fourth-order valence-corrected chi connectivity index (χ4v) is 3.92. The average molecular weight is 414 g/mol. The van der Waals surface area contributed by atoms with Gasteiger partial charge in [0, 0.05) is 17.5 Å². The fraction of sp³-hybridized carbons (Fsp3) is 0.120. The molecule has 150 valence electrons. The van der Waals surface area contributed by atoms with Crippen molar-refractivity contribution in [3.8, 4) is 22.4 Å². The first-order valence-corrected chi connectivity index (χ1v) is 10.9. The summed E-state index contributed by atoms with van der Waals surface area (Å²) in [4.78, 5) is 16.7. The van der Waals surface area contributed by atoms with E-state index in [1.807, 2.05) is 41.8 Å². The lowest BCUT2D eigenvalue weighted by atomic mass is 10.0. The molecule has 2 amide bonds. The van der Waals surface area contributed by atoms with Crippen LogP contribution in [0.3, 0.4) is 0 Å². The third kappa shape index (κ3) is 5.33. The summed E-state index contributed by atoms with van der Waals surface area (Å²) < 4.78 is 0. The molecular weight excluding hydrogens is 390 g/mol. The van der Waals surface area contributed by atoms with E-state index in [4.69, 9.17) is 0 Å². The summed E-state index contributed by atoms with van der Waals surface area (Å²) in [7, 11) is 0. The van der Waals surface area contributed by atoms with Gasteiger partial charge in [0.25, 0.3) is 0 Å². The molecule has 4 rings (SSSR count). The molecule has 1 aromatic heterocycles. The number of hydrogen-bond donors (Lipinski definition) is 2. The zero-order chi connectivity index (χ0) is 20.6. The minimum absolute atomic E-state index is 0.219. The number of hydrogen-bond acceptors (Lipinski definition) is 3. The van der Waals surface area contributed by atoms with Crippen molar-refractivity contribution in [1.29, 1.82) is 0 Å². The van der Waals surface area contributed by atoms with Gasteiger partial charge in [-0.05, 0) is 29.5 Å². The van der Waals surface area contributed by atoms with Crippen molar-refractivity contribution >= 4 is 22.5 Å². The van der Waals surface area contributed by atoms with Gasteiger partial charge in [0.05, 0.1) is 5.69 Å². The highest BCUT2D eigenvalue weighted by Crippen LogP contribution is 2.27. The largest absolute Gasteiger partial charge is 0.338 e. The number of thiazole rings is 1. The van der Waals surface area contributed by atoms with Gasteiger partial charge in [0.15, 0.2) is 5.13 Å². The van der Waals surface area contributed by atoms with Gasteiger partial charge in [-0.2, -0.15) is 0 Å². The topological polar surface area (TPSA) is 54.0 Å². The van der Waals surface area contributed by atoms with Gasteiger partial charge in [-0.1, -0.05) is 84.9 Å². The summed E-state index contributed by atoms with van der Waals surface area (Å²) >= 11 is 1.43. The number of aromatic nitrogens is 1. The SMILES string of the molecule is O=C(NCCCc1ccccc1)Nc1nc(-c2ccc(-c3ccccc3)cc2)cs1. The molecule has 0 aliphatic carbocycles. The fourth-order valence-electron chi connectivity index (χ4n) is 3.21. The van der Waals surface area contributed by atoms with Gasteiger partial charge in [-0.25, -0.2) is 9.78 Å². The molecule has 0 fully saturated rings. The van der Waals surface area contributed by atoms with Crippen LogP contribution in [0.2, 0.25) is 0 Å². The third-order valence-corrected chi connectivity index (χ3v) is 5.54. The molecule has 0 saturated heterocycles. The van der Waals surface area contributed by atoms with Crippen molar-refractivity contribution in [2.75, 3.05) is 11.9 Å². The van der Waals surface area contributed by atoms with Gasteiger partial charge < -0.3 is 5.32 Å². The molecule has 0 spiro atoms. The van der Waals surface area contributed by atoms with Crippen molar-refractivity contribution in [2.45, 2.75) is 12.8 Å². The van der Waals surface area contributed by atoms with Crippen molar-refractivity contribution in [3.63, 3.8) is 0 Å². The summed E-state index contributed by atoms with van der Waals surface area (Å²) in [5.74, 6) is 0. The van der Waals surface area contributed by atoms with E-state index in [0.717, 1.165) is 24.1 Å². The van der Waals surface area contributed by atoms with Crippen LogP contribution in [0.1, 0.15) is 12.0 Å². The van der Waals surface area contributed by atoms with Crippen LogP contribution in [0.4, 0.5) is 9.93 Å². The van der Waals surface area contributed by atoms with Gasteiger partial charge in [0.1, 0.15) is 0 Å². The molecule has 30 heavy (non-hydrogen) atoms. The monoisotopic (exact) mass is 413 g/mol. The minimum atomic E-state index is -0.219. The third-order valence-electron chi connectivity index (χ3n) is 4.78. The molecule has 0 bridgehead atoms. The molecule has 5 heteroatoms. The zero-order valence-electron chi connectivity index (χ0n) is 16.5. The highest BCUT2D eigenvalue weighted by atomic mass is 32.1. The molecule has 3 aromatic carbocycles. The highest BCUT2D eigenvalue weighted by Gasteiger charge is 2.08. The molecule has 2 N–H and O–H groups in total. The first-order valence-electron chi connectivity index (χ1n) is 9.98. The van der Waals surface area contributed by atoms with Crippen molar-refractivity contribution in [2.24, 2.45) is 0 Å². The Morgan fingerprint density at radius 2 is 1.43 bits per heavy atom. The van der Waals surface area contributed by atoms with Gasteiger partial charge in [0.2, 0.25) is 0 Å². The highest BCUT2D eigenvalue weighted by molar-refractivity contribution is 7.14. The molecule has 0 aliphatic rings.